The van der Waals surface area contributed by atoms with Gasteiger partial charge in [0.05, 0.1) is 23.4 Å². The number of para-hydroxylation sites is 2. The molecule has 0 aliphatic rings. The zero-order valence-corrected chi connectivity index (χ0v) is 19.5. The van der Waals surface area contributed by atoms with Crippen molar-refractivity contribution in [3.05, 3.63) is 71.9 Å². The number of anilines is 3. The quantitative estimate of drug-likeness (QED) is 0.587. The van der Waals surface area contributed by atoms with Gasteiger partial charge in [-0.15, -0.1) is 0 Å². The topological polar surface area (TPSA) is 91.8 Å². The number of aromatic nitrogens is 1. The molecule has 0 fully saturated rings. The molecule has 1 heterocycles. The third kappa shape index (κ3) is 4.52. The highest BCUT2D eigenvalue weighted by Crippen LogP contribution is 2.31. The lowest BCUT2D eigenvalue weighted by atomic mass is 10.1. The van der Waals surface area contributed by atoms with Gasteiger partial charge in [-0.25, -0.2) is 13.4 Å². The molecule has 9 heteroatoms. The molecule has 0 saturated carbocycles. The van der Waals surface area contributed by atoms with Crippen molar-refractivity contribution in [2.75, 3.05) is 42.8 Å². The fraction of sp³-hybridized carbons (Fsp3) is 0.217. The van der Waals surface area contributed by atoms with E-state index in [4.69, 9.17) is 4.74 Å². The number of pyridine rings is 1. The van der Waals surface area contributed by atoms with E-state index >= 15 is 0 Å². The van der Waals surface area contributed by atoms with Crippen molar-refractivity contribution in [1.82, 2.24) is 4.98 Å². The minimum absolute atomic E-state index is 0.000626. The summed E-state index contributed by atoms with van der Waals surface area (Å²) in [6.07, 6.45) is 1.64. The summed E-state index contributed by atoms with van der Waals surface area (Å²) in [5, 5.41) is 2.84. The van der Waals surface area contributed by atoms with E-state index in [0.717, 1.165) is 4.31 Å². The number of sulfonamides is 1. The summed E-state index contributed by atoms with van der Waals surface area (Å²) in [4.78, 5) is 19.1. The average molecular weight is 455 g/mol. The standard InChI is InChI=1S/C23H26N4O4S/c1-16-12-13-17(32(29,30)27(4)20-10-6-7-11-21(20)31-5)15-18(16)23(28)25-19-9-8-14-24-22(19)26(2)3/h6-15H,1-5H3,(H,25,28). The van der Waals surface area contributed by atoms with E-state index in [9.17, 15) is 13.2 Å². The molecule has 32 heavy (non-hydrogen) atoms. The molecule has 0 aliphatic heterocycles. The maximum Gasteiger partial charge on any atom is 0.264 e. The van der Waals surface area contributed by atoms with E-state index in [1.165, 1.54) is 26.3 Å². The van der Waals surface area contributed by atoms with Crippen LogP contribution in [-0.2, 0) is 10.0 Å². The van der Waals surface area contributed by atoms with Gasteiger partial charge < -0.3 is 15.0 Å². The predicted molar refractivity (Wildman–Crippen MR) is 126 cm³/mol. The predicted octanol–water partition coefficient (Wildman–Crippen LogP) is 3.54. The lowest BCUT2D eigenvalue weighted by Gasteiger charge is -2.22. The van der Waals surface area contributed by atoms with Crippen molar-refractivity contribution in [1.29, 1.82) is 0 Å². The normalized spacial score (nSPS) is 11.0. The molecule has 0 bridgehead atoms. The SMILES string of the molecule is COc1ccccc1N(C)S(=O)(=O)c1ccc(C)c(C(=O)Nc2cccnc2N(C)C)c1. The molecular weight excluding hydrogens is 428 g/mol. The van der Waals surface area contributed by atoms with Crippen LogP contribution >= 0.6 is 0 Å². The highest BCUT2D eigenvalue weighted by Gasteiger charge is 2.25. The molecule has 0 unspecified atom stereocenters. The highest BCUT2D eigenvalue weighted by molar-refractivity contribution is 7.92. The van der Waals surface area contributed by atoms with Crippen LogP contribution in [0.4, 0.5) is 17.2 Å². The smallest absolute Gasteiger partial charge is 0.264 e. The Morgan fingerprint density at radius 1 is 1.03 bits per heavy atom. The fourth-order valence-corrected chi connectivity index (χ4v) is 4.46. The number of hydrogen-bond acceptors (Lipinski definition) is 6. The summed E-state index contributed by atoms with van der Waals surface area (Å²) in [5.74, 6) is 0.602. The molecule has 0 aliphatic carbocycles. The van der Waals surface area contributed by atoms with E-state index < -0.39 is 15.9 Å². The molecule has 0 atom stereocenters. The molecule has 0 saturated heterocycles. The second-order valence-electron chi connectivity index (χ2n) is 7.34. The molecule has 3 rings (SSSR count). The molecular formula is C23H26N4O4S. The van der Waals surface area contributed by atoms with E-state index in [1.54, 1.807) is 60.5 Å². The van der Waals surface area contributed by atoms with Gasteiger partial charge in [-0.1, -0.05) is 18.2 Å². The highest BCUT2D eigenvalue weighted by atomic mass is 32.2. The minimum atomic E-state index is -3.94. The van der Waals surface area contributed by atoms with Crippen LogP contribution in [0.1, 0.15) is 15.9 Å². The fourth-order valence-electron chi connectivity index (χ4n) is 3.22. The van der Waals surface area contributed by atoms with Crippen molar-refractivity contribution in [2.45, 2.75) is 11.8 Å². The number of aryl methyl sites for hydroxylation is 1. The van der Waals surface area contributed by atoms with Crippen LogP contribution in [0.25, 0.3) is 0 Å². The Morgan fingerprint density at radius 2 is 1.75 bits per heavy atom. The number of amides is 1. The summed E-state index contributed by atoms with van der Waals surface area (Å²) in [6.45, 7) is 1.76. The van der Waals surface area contributed by atoms with Gasteiger partial charge in [0, 0.05) is 32.9 Å². The van der Waals surface area contributed by atoms with Crippen LogP contribution in [0.3, 0.4) is 0 Å². The van der Waals surface area contributed by atoms with Crippen LogP contribution in [0.15, 0.2) is 65.7 Å². The average Bonchev–Trinajstić information content (AvgIpc) is 2.78. The molecule has 168 valence electrons. The van der Waals surface area contributed by atoms with Crippen LogP contribution in [0, 0.1) is 6.92 Å². The first kappa shape index (κ1) is 23.1. The van der Waals surface area contributed by atoms with Gasteiger partial charge in [0.2, 0.25) is 0 Å². The Morgan fingerprint density at radius 3 is 2.44 bits per heavy atom. The van der Waals surface area contributed by atoms with E-state index in [-0.39, 0.29) is 10.5 Å². The summed E-state index contributed by atoms with van der Waals surface area (Å²) in [5.41, 5.74) is 1.83. The summed E-state index contributed by atoms with van der Waals surface area (Å²) >= 11 is 0. The Balaban J connectivity index is 1.97. The van der Waals surface area contributed by atoms with Crippen LogP contribution < -0.4 is 19.3 Å². The number of nitrogens with one attached hydrogen (secondary N) is 1. The van der Waals surface area contributed by atoms with Gasteiger partial charge in [-0.3, -0.25) is 9.10 Å². The third-order valence-corrected chi connectivity index (χ3v) is 6.76. The lowest BCUT2D eigenvalue weighted by Crippen LogP contribution is -2.27. The van der Waals surface area contributed by atoms with Crippen molar-refractivity contribution in [2.24, 2.45) is 0 Å². The second-order valence-corrected chi connectivity index (χ2v) is 9.31. The van der Waals surface area contributed by atoms with Crippen molar-refractivity contribution >= 4 is 33.1 Å². The lowest BCUT2D eigenvalue weighted by molar-refractivity contribution is 0.102. The van der Waals surface area contributed by atoms with Crippen molar-refractivity contribution in [3.8, 4) is 5.75 Å². The van der Waals surface area contributed by atoms with Gasteiger partial charge in [-0.05, 0) is 48.9 Å². The number of hydrogen-bond donors (Lipinski definition) is 1. The number of carbonyl (C=O) groups excluding carboxylic acids is 1. The number of nitrogens with zero attached hydrogens (tertiary/aromatic N) is 3. The molecule has 0 spiro atoms. The molecule has 1 amide bonds. The van der Waals surface area contributed by atoms with Crippen LogP contribution in [0.2, 0.25) is 0 Å². The monoisotopic (exact) mass is 454 g/mol. The Kier molecular flexibility index (Phi) is 6.69. The summed E-state index contributed by atoms with van der Waals surface area (Å²) in [7, 11) is 2.64. The summed E-state index contributed by atoms with van der Waals surface area (Å²) in [6, 6.07) is 14.8. The van der Waals surface area contributed by atoms with Crippen molar-refractivity contribution < 1.29 is 17.9 Å². The number of carbonyl (C=O) groups is 1. The molecule has 0 radical (unpaired) electrons. The van der Waals surface area contributed by atoms with Gasteiger partial charge >= 0.3 is 0 Å². The minimum Gasteiger partial charge on any atom is -0.495 e. The van der Waals surface area contributed by atoms with E-state index in [1.807, 2.05) is 14.1 Å². The summed E-state index contributed by atoms with van der Waals surface area (Å²) < 4.78 is 33.1. The van der Waals surface area contributed by atoms with Crippen molar-refractivity contribution in [3.63, 3.8) is 0 Å². The molecule has 2 aromatic carbocycles. The first-order valence-electron chi connectivity index (χ1n) is 9.83. The number of rotatable bonds is 7. The zero-order valence-electron chi connectivity index (χ0n) is 18.7. The number of methoxy groups -OCH3 is 1. The Hall–Kier alpha value is -3.59. The molecule has 1 aromatic heterocycles. The van der Waals surface area contributed by atoms with E-state index in [2.05, 4.69) is 10.3 Å². The number of benzene rings is 2. The van der Waals surface area contributed by atoms with Crippen LogP contribution in [0.5, 0.6) is 5.75 Å². The van der Waals surface area contributed by atoms with E-state index in [0.29, 0.717) is 28.5 Å². The molecule has 1 N–H and O–H groups in total. The first-order chi connectivity index (χ1) is 15.2. The Bertz CT molecular complexity index is 1240. The van der Waals surface area contributed by atoms with Crippen LogP contribution in [-0.4, -0.2) is 47.6 Å². The van der Waals surface area contributed by atoms with Gasteiger partial charge in [-0.2, -0.15) is 0 Å². The molecule has 3 aromatic rings. The maximum atomic E-state index is 13.3. The molecule has 8 nitrogen and oxygen atoms in total. The number of ether oxygens (including phenoxy) is 1. The van der Waals surface area contributed by atoms with Gasteiger partial charge in [0.25, 0.3) is 15.9 Å². The first-order valence-corrected chi connectivity index (χ1v) is 11.3. The Labute approximate surface area is 188 Å². The maximum absolute atomic E-state index is 13.3. The van der Waals surface area contributed by atoms with Gasteiger partial charge in [0.15, 0.2) is 5.82 Å². The van der Waals surface area contributed by atoms with Gasteiger partial charge in [0.1, 0.15) is 5.75 Å². The zero-order chi connectivity index (χ0) is 23.5. The third-order valence-electron chi connectivity index (χ3n) is 4.99. The second kappa shape index (κ2) is 9.27. The largest absolute Gasteiger partial charge is 0.495 e.